The van der Waals surface area contributed by atoms with Crippen molar-refractivity contribution < 1.29 is 19.1 Å². The lowest BCUT2D eigenvalue weighted by Gasteiger charge is -2.27. The van der Waals surface area contributed by atoms with Crippen LogP contribution in [0, 0.1) is 17.2 Å². The van der Waals surface area contributed by atoms with E-state index < -0.39 is 24.0 Å². The molecule has 1 N–H and O–H groups in total. The minimum absolute atomic E-state index is 0.0759. The van der Waals surface area contributed by atoms with E-state index in [9.17, 15) is 14.9 Å². The topological polar surface area (TPSA) is 88.4 Å². The minimum atomic E-state index is -1.00. The molecule has 1 rings (SSSR count). The Hall–Kier alpha value is -2.55. The number of carbonyl (C=O) groups excluding carboxylic acids is 2. The van der Waals surface area contributed by atoms with E-state index >= 15 is 0 Å². The number of hydrogen-bond donors (Lipinski definition) is 1. The van der Waals surface area contributed by atoms with Gasteiger partial charge < -0.3 is 14.8 Å². The van der Waals surface area contributed by atoms with E-state index in [2.05, 4.69) is 11.4 Å². The van der Waals surface area contributed by atoms with Gasteiger partial charge in [-0.2, -0.15) is 5.26 Å². The van der Waals surface area contributed by atoms with Crippen LogP contribution in [0.3, 0.4) is 0 Å². The van der Waals surface area contributed by atoms with Crippen LogP contribution in [0.5, 0.6) is 5.75 Å². The molecule has 0 aliphatic carbocycles. The van der Waals surface area contributed by atoms with Crippen molar-refractivity contribution in [3.8, 4) is 11.8 Å². The van der Waals surface area contributed by atoms with Crippen LogP contribution < -0.4 is 10.1 Å². The van der Waals surface area contributed by atoms with E-state index in [0.717, 1.165) is 5.56 Å². The molecule has 0 saturated heterocycles. The Balaban J connectivity index is 2.49. The molecule has 1 aromatic rings. The molecule has 6 nitrogen and oxygen atoms in total. The van der Waals surface area contributed by atoms with E-state index in [1.807, 2.05) is 45.9 Å². The van der Waals surface area contributed by atoms with Crippen molar-refractivity contribution in [2.75, 3.05) is 13.2 Å². The maximum atomic E-state index is 11.9. The lowest BCUT2D eigenvalue weighted by molar-refractivity contribution is -0.150. The van der Waals surface area contributed by atoms with Crippen LogP contribution in [0.2, 0.25) is 0 Å². The number of hydrogen-bond acceptors (Lipinski definition) is 5. The fraction of sp³-hybridized carbons (Fsp3) is 0.526. The van der Waals surface area contributed by atoms with E-state index in [1.54, 1.807) is 13.0 Å². The quantitative estimate of drug-likeness (QED) is 0.731. The highest BCUT2D eigenvalue weighted by molar-refractivity contribution is 5.81. The zero-order chi connectivity index (χ0) is 19.0. The van der Waals surface area contributed by atoms with Crippen LogP contribution in [-0.4, -0.2) is 30.6 Å². The zero-order valence-electron chi connectivity index (χ0n) is 15.5. The second-order valence-electron chi connectivity index (χ2n) is 6.66. The van der Waals surface area contributed by atoms with Crippen LogP contribution in [0.4, 0.5) is 0 Å². The highest BCUT2D eigenvalue weighted by atomic mass is 16.6. The summed E-state index contributed by atoms with van der Waals surface area (Å²) in [6.07, 6.45) is 0. The fourth-order valence-electron chi connectivity index (χ4n) is 2.04. The third kappa shape index (κ3) is 6.11. The summed E-state index contributed by atoms with van der Waals surface area (Å²) in [6, 6.07) is 9.53. The van der Waals surface area contributed by atoms with Crippen molar-refractivity contribution >= 4 is 11.9 Å². The normalized spacial score (nSPS) is 13.0. The molecule has 1 amide bonds. The summed E-state index contributed by atoms with van der Waals surface area (Å²) in [6.45, 7) is 8.63. The molecule has 6 heteroatoms. The summed E-state index contributed by atoms with van der Waals surface area (Å²) in [5, 5.41) is 11.7. The summed E-state index contributed by atoms with van der Waals surface area (Å²) in [4.78, 5) is 23.6. The smallest absolute Gasteiger partial charge is 0.344 e. The number of carbonyl (C=O) groups is 2. The first kappa shape index (κ1) is 20.5. The van der Waals surface area contributed by atoms with Gasteiger partial charge in [-0.3, -0.25) is 4.79 Å². The van der Waals surface area contributed by atoms with Gasteiger partial charge in [0.2, 0.25) is 0 Å². The van der Waals surface area contributed by atoms with E-state index in [1.165, 1.54) is 0 Å². The van der Waals surface area contributed by atoms with Crippen LogP contribution in [0.1, 0.15) is 46.1 Å². The highest BCUT2D eigenvalue weighted by Gasteiger charge is 2.30. The molecule has 0 saturated carbocycles. The largest absolute Gasteiger partial charge is 0.482 e. The van der Waals surface area contributed by atoms with Gasteiger partial charge in [0.1, 0.15) is 11.3 Å². The predicted octanol–water partition coefficient (Wildman–Crippen LogP) is 2.79. The van der Waals surface area contributed by atoms with Crippen molar-refractivity contribution in [1.82, 2.24) is 5.32 Å². The van der Waals surface area contributed by atoms with Gasteiger partial charge in [0.15, 0.2) is 13.2 Å². The molecule has 1 aromatic carbocycles. The molecule has 0 spiro atoms. The number of para-hydroxylation sites is 1. The van der Waals surface area contributed by atoms with E-state index in [0.29, 0.717) is 5.75 Å². The maximum Gasteiger partial charge on any atom is 0.344 e. The maximum absolute atomic E-state index is 11.9. The molecule has 25 heavy (non-hydrogen) atoms. The summed E-state index contributed by atoms with van der Waals surface area (Å²) >= 11 is 0. The number of nitrogens with zero attached hydrogens (tertiary/aromatic N) is 1. The van der Waals surface area contributed by atoms with E-state index in [4.69, 9.17) is 9.47 Å². The van der Waals surface area contributed by atoms with Gasteiger partial charge in [0.25, 0.3) is 5.91 Å². The van der Waals surface area contributed by atoms with Crippen molar-refractivity contribution in [2.45, 2.75) is 46.1 Å². The molecule has 0 aromatic heterocycles. The third-order valence-electron chi connectivity index (χ3n) is 4.04. The molecule has 1 atom stereocenters. The molecular formula is C19H26N2O4. The van der Waals surface area contributed by atoms with Crippen LogP contribution in [0.25, 0.3) is 0 Å². The molecule has 0 heterocycles. The molecule has 0 aliphatic heterocycles. The van der Waals surface area contributed by atoms with Gasteiger partial charge in [-0.05, 0) is 30.4 Å². The summed E-state index contributed by atoms with van der Waals surface area (Å²) in [5.41, 5.74) is -0.00862. The molecular weight excluding hydrogens is 320 g/mol. The van der Waals surface area contributed by atoms with Gasteiger partial charge >= 0.3 is 5.97 Å². The minimum Gasteiger partial charge on any atom is -0.482 e. The zero-order valence-corrected chi connectivity index (χ0v) is 15.5. The highest BCUT2D eigenvalue weighted by Crippen LogP contribution is 2.25. The Labute approximate surface area is 149 Å². The Morgan fingerprint density at radius 1 is 1.20 bits per heavy atom. The lowest BCUT2D eigenvalue weighted by Crippen LogP contribution is -2.50. The van der Waals surface area contributed by atoms with Gasteiger partial charge in [-0.1, -0.05) is 45.9 Å². The van der Waals surface area contributed by atoms with Crippen molar-refractivity contribution in [1.29, 1.82) is 5.26 Å². The third-order valence-corrected chi connectivity index (χ3v) is 4.04. The lowest BCUT2D eigenvalue weighted by atomic mass is 9.90. The standard InChI is InChI=1S/C19H26N2O4/c1-13(2)15-8-6-7-9-16(15)24-11-18(23)25-10-17(22)21-19(5,12-20)14(3)4/h6-9,13-14H,10-11H2,1-5H3,(H,21,22)/t19-/m0/s1. The van der Waals surface area contributed by atoms with Crippen LogP contribution in [-0.2, 0) is 14.3 Å². The number of benzene rings is 1. The molecule has 136 valence electrons. The number of nitrogens with one attached hydrogen (secondary N) is 1. The number of amides is 1. The average Bonchev–Trinajstić information content (AvgIpc) is 2.57. The molecule has 0 radical (unpaired) electrons. The monoisotopic (exact) mass is 346 g/mol. The first-order valence-electron chi connectivity index (χ1n) is 8.29. The van der Waals surface area contributed by atoms with Crippen LogP contribution in [0.15, 0.2) is 24.3 Å². The fourth-order valence-corrected chi connectivity index (χ4v) is 2.04. The summed E-state index contributed by atoms with van der Waals surface area (Å²) < 4.78 is 10.4. The Kier molecular flexibility index (Phi) is 7.43. The number of ether oxygens (including phenoxy) is 2. The van der Waals surface area contributed by atoms with Gasteiger partial charge in [-0.25, -0.2) is 4.79 Å². The first-order valence-corrected chi connectivity index (χ1v) is 8.29. The molecule has 0 bridgehead atoms. The van der Waals surface area contributed by atoms with Gasteiger partial charge in [-0.15, -0.1) is 0 Å². The predicted molar refractivity (Wildman–Crippen MR) is 94.0 cm³/mol. The Bertz CT molecular complexity index is 649. The van der Waals surface area contributed by atoms with Crippen molar-refractivity contribution in [2.24, 2.45) is 5.92 Å². The number of esters is 1. The molecule has 0 aliphatic rings. The van der Waals surface area contributed by atoms with Gasteiger partial charge in [0, 0.05) is 0 Å². The average molecular weight is 346 g/mol. The Morgan fingerprint density at radius 3 is 2.40 bits per heavy atom. The van der Waals surface area contributed by atoms with Crippen molar-refractivity contribution in [3.63, 3.8) is 0 Å². The van der Waals surface area contributed by atoms with Crippen molar-refractivity contribution in [3.05, 3.63) is 29.8 Å². The SMILES string of the molecule is CC(C)c1ccccc1OCC(=O)OCC(=O)N[C@@](C)(C#N)C(C)C. The second kappa shape index (κ2) is 9.07. The van der Waals surface area contributed by atoms with E-state index in [-0.39, 0.29) is 18.4 Å². The summed E-state index contributed by atoms with van der Waals surface area (Å²) in [7, 11) is 0. The Morgan fingerprint density at radius 2 is 1.84 bits per heavy atom. The molecule has 0 unspecified atom stereocenters. The summed E-state index contributed by atoms with van der Waals surface area (Å²) in [5.74, 6) is -0.355. The van der Waals surface area contributed by atoms with Gasteiger partial charge in [0.05, 0.1) is 6.07 Å². The number of rotatable bonds is 8. The van der Waals surface area contributed by atoms with Crippen LogP contribution >= 0.6 is 0 Å². The molecule has 0 fully saturated rings. The first-order chi connectivity index (χ1) is 11.7. The second-order valence-corrected chi connectivity index (χ2v) is 6.66. The number of nitriles is 1.